The molecule has 0 aliphatic heterocycles. The van der Waals surface area contributed by atoms with Gasteiger partial charge in [-0.05, 0) is 17.5 Å². The normalized spacial score (nSPS) is 12.1. The van der Waals surface area contributed by atoms with Gasteiger partial charge in [0.1, 0.15) is 6.04 Å². The zero-order chi connectivity index (χ0) is 14.3. The summed E-state index contributed by atoms with van der Waals surface area (Å²) in [5, 5.41) is 13.0. The van der Waals surface area contributed by atoms with Crippen molar-refractivity contribution in [2.45, 2.75) is 12.5 Å². The van der Waals surface area contributed by atoms with Crippen molar-refractivity contribution in [1.29, 1.82) is 0 Å². The fraction of sp³-hybridized carbons (Fsp3) is 0.250. The second kappa shape index (κ2) is 7.32. The number of nitrogens with one attached hydrogen (secondary N) is 1. The summed E-state index contributed by atoms with van der Waals surface area (Å²) in [6.07, 6.45) is 2.38. The molecule has 0 bridgehead atoms. The summed E-state index contributed by atoms with van der Waals surface area (Å²) in [5.41, 5.74) is 0. The van der Waals surface area contributed by atoms with Gasteiger partial charge in [-0.1, -0.05) is 6.07 Å². The number of carboxylic acids is 1. The third kappa shape index (κ3) is 5.35. The first kappa shape index (κ1) is 14.9. The standard InChI is InChI=1S/C12H13NO5S/c1-18-11(15)7-9(12(16)17)13-10(14)5-4-8-3-2-6-19-8/h2-6,9H,7H2,1H3,(H,13,14)(H,16,17)/t9-/m0/s1. The van der Waals surface area contributed by atoms with Crippen LogP contribution in [0, 0.1) is 0 Å². The van der Waals surface area contributed by atoms with Gasteiger partial charge in [0.05, 0.1) is 13.5 Å². The van der Waals surface area contributed by atoms with Crippen molar-refractivity contribution in [3.05, 3.63) is 28.5 Å². The summed E-state index contributed by atoms with van der Waals surface area (Å²) in [7, 11) is 1.15. The van der Waals surface area contributed by atoms with E-state index in [0.29, 0.717) is 0 Å². The predicted molar refractivity (Wildman–Crippen MR) is 69.6 cm³/mol. The molecule has 1 aromatic rings. The second-order valence-electron chi connectivity index (χ2n) is 3.53. The van der Waals surface area contributed by atoms with E-state index in [1.54, 1.807) is 6.08 Å². The summed E-state index contributed by atoms with van der Waals surface area (Å²) in [4.78, 5) is 34.3. The van der Waals surface area contributed by atoms with Crippen LogP contribution in [0.1, 0.15) is 11.3 Å². The lowest BCUT2D eigenvalue weighted by Gasteiger charge is -2.11. The number of carbonyl (C=O) groups excluding carboxylic acids is 2. The van der Waals surface area contributed by atoms with Crippen LogP contribution in [0.25, 0.3) is 6.08 Å². The van der Waals surface area contributed by atoms with E-state index in [1.807, 2.05) is 17.5 Å². The second-order valence-corrected chi connectivity index (χ2v) is 4.51. The van der Waals surface area contributed by atoms with Gasteiger partial charge in [0.25, 0.3) is 0 Å². The number of amides is 1. The van der Waals surface area contributed by atoms with E-state index in [0.717, 1.165) is 12.0 Å². The minimum atomic E-state index is -1.30. The lowest BCUT2D eigenvalue weighted by molar-refractivity contribution is -0.148. The van der Waals surface area contributed by atoms with Gasteiger partial charge in [-0.15, -0.1) is 11.3 Å². The minimum absolute atomic E-state index is 0.412. The molecule has 2 N–H and O–H groups in total. The SMILES string of the molecule is COC(=O)C[C@H](NC(=O)C=Cc1cccs1)C(=O)O. The summed E-state index contributed by atoms with van der Waals surface area (Å²) in [6.45, 7) is 0. The molecule has 0 saturated heterocycles. The first-order chi connectivity index (χ1) is 9.02. The highest BCUT2D eigenvalue weighted by molar-refractivity contribution is 7.10. The van der Waals surface area contributed by atoms with Crippen LogP contribution in [0.15, 0.2) is 23.6 Å². The maximum Gasteiger partial charge on any atom is 0.326 e. The lowest BCUT2D eigenvalue weighted by Crippen LogP contribution is -2.41. The van der Waals surface area contributed by atoms with E-state index in [1.165, 1.54) is 17.4 Å². The van der Waals surface area contributed by atoms with Gasteiger partial charge in [-0.25, -0.2) is 4.79 Å². The Balaban J connectivity index is 2.56. The van der Waals surface area contributed by atoms with Crippen LogP contribution >= 0.6 is 11.3 Å². The fourth-order valence-corrected chi connectivity index (χ4v) is 1.83. The van der Waals surface area contributed by atoms with Gasteiger partial charge < -0.3 is 15.2 Å². The smallest absolute Gasteiger partial charge is 0.326 e. The van der Waals surface area contributed by atoms with Gasteiger partial charge in [0.2, 0.25) is 5.91 Å². The van der Waals surface area contributed by atoms with Crippen molar-refractivity contribution in [1.82, 2.24) is 5.32 Å². The molecular formula is C12H13NO5S. The van der Waals surface area contributed by atoms with Gasteiger partial charge in [-0.3, -0.25) is 9.59 Å². The molecule has 1 amide bonds. The maximum atomic E-state index is 11.5. The number of thiophene rings is 1. The molecule has 1 atom stereocenters. The van der Waals surface area contributed by atoms with Gasteiger partial charge >= 0.3 is 11.9 Å². The average Bonchev–Trinajstić information content (AvgIpc) is 2.88. The molecule has 1 rings (SSSR count). The Hall–Kier alpha value is -2.15. The average molecular weight is 283 g/mol. The highest BCUT2D eigenvalue weighted by Crippen LogP contribution is 2.09. The molecule has 1 aromatic heterocycles. The lowest BCUT2D eigenvalue weighted by atomic mass is 10.2. The van der Waals surface area contributed by atoms with E-state index in [9.17, 15) is 14.4 Å². The van der Waals surface area contributed by atoms with Crippen molar-refractivity contribution in [3.63, 3.8) is 0 Å². The van der Waals surface area contributed by atoms with Crippen molar-refractivity contribution in [3.8, 4) is 0 Å². The Morgan fingerprint density at radius 3 is 2.79 bits per heavy atom. The van der Waals surface area contributed by atoms with Crippen LogP contribution in [0.2, 0.25) is 0 Å². The molecule has 0 fully saturated rings. The highest BCUT2D eigenvalue weighted by atomic mass is 32.1. The topological polar surface area (TPSA) is 92.7 Å². The van der Waals surface area contributed by atoms with E-state index in [2.05, 4.69) is 10.1 Å². The molecule has 7 heteroatoms. The van der Waals surface area contributed by atoms with Crippen LogP contribution in [0.5, 0.6) is 0 Å². The third-order valence-corrected chi connectivity index (χ3v) is 2.99. The molecule has 0 saturated carbocycles. The fourth-order valence-electron chi connectivity index (χ4n) is 1.21. The van der Waals surface area contributed by atoms with Gasteiger partial charge in [0, 0.05) is 11.0 Å². The predicted octanol–water partition coefficient (Wildman–Crippen LogP) is 0.894. The number of methoxy groups -OCH3 is 1. The molecule has 0 unspecified atom stereocenters. The van der Waals surface area contributed by atoms with Crippen LogP contribution in [0.3, 0.4) is 0 Å². The Morgan fingerprint density at radius 1 is 1.53 bits per heavy atom. The number of ether oxygens (including phenoxy) is 1. The number of esters is 1. The summed E-state index contributed by atoms with van der Waals surface area (Å²) >= 11 is 1.45. The molecule has 1 heterocycles. The first-order valence-electron chi connectivity index (χ1n) is 5.34. The molecule has 102 valence electrons. The molecule has 6 nitrogen and oxygen atoms in total. The van der Waals surface area contributed by atoms with Crippen molar-refractivity contribution in [2.24, 2.45) is 0 Å². The zero-order valence-corrected chi connectivity index (χ0v) is 11.0. The van der Waals surface area contributed by atoms with Crippen molar-refractivity contribution in [2.75, 3.05) is 7.11 Å². The minimum Gasteiger partial charge on any atom is -0.480 e. The quantitative estimate of drug-likeness (QED) is 0.597. The van der Waals surface area contributed by atoms with Crippen LogP contribution < -0.4 is 5.32 Å². The molecule has 0 radical (unpaired) electrons. The summed E-state index contributed by atoms with van der Waals surface area (Å²) in [6, 6.07) is 2.35. The first-order valence-corrected chi connectivity index (χ1v) is 6.22. The Bertz CT molecular complexity index is 480. The van der Waals surface area contributed by atoms with Crippen LogP contribution in [-0.4, -0.2) is 36.1 Å². The van der Waals surface area contributed by atoms with Gasteiger partial charge in [-0.2, -0.15) is 0 Å². The number of carboxylic acid groups (broad SMARTS) is 1. The third-order valence-electron chi connectivity index (χ3n) is 2.16. The van der Waals surface area contributed by atoms with E-state index in [4.69, 9.17) is 5.11 Å². The van der Waals surface area contributed by atoms with Crippen LogP contribution in [-0.2, 0) is 19.1 Å². The molecule has 19 heavy (non-hydrogen) atoms. The largest absolute Gasteiger partial charge is 0.480 e. The maximum absolute atomic E-state index is 11.5. The van der Waals surface area contributed by atoms with E-state index >= 15 is 0 Å². The number of hydrogen-bond acceptors (Lipinski definition) is 5. The number of hydrogen-bond donors (Lipinski definition) is 2. The summed E-state index contributed by atoms with van der Waals surface area (Å²) in [5.74, 6) is -2.57. The van der Waals surface area contributed by atoms with E-state index in [-0.39, 0.29) is 0 Å². The number of aliphatic carboxylic acids is 1. The Morgan fingerprint density at radius 2 is 2.26 bits per heavy atom. The molecule has 0 aromatic carbocycles. The molecule has 0 aliphatic rings. The van der Waals surface area contributed by atoms with Crippen molar-refractivity contribution >= 4 is 35.3 Å². The monoisotopic (exact) mass is 283 g/mol. The molecule has 0 aliphatic carbocycles. The zero-order valence-electron chi connectivity index (χ0n) is 10.2. The number of rotatable bonds is 6. The number of carbonyl (C=O) groups is 3. The molecule has 0 spiro atoms. The van der Waals surface area contributed by atoms with E-state index < -0.39 is 30.3 Å². The Labute approximate surface area is 113 Å². The molecular weight excluding hydrogens is 270 g/mol. The van der Waals surface area contributed by atoms with Gasteiger partial charge in [0.15, 0.2) is 0 Å². The highest BCUT2D eigenvalue weighted by Gasteiger charge is 2.22. The van der Waals surface area contributed by atoms with Crippen LogP contribution in [0.4, 0.5) is 0 Å². The van der Waals surface area contributed by atoms with Crippen molar-refractivity contribution < 1.29 is 24.2 Å². The Kier molecular flexibility index (Phi) is 5.74. The summed E-state index contributed by atoms with van der Waals surface area (Å²) < 4.78 is 4.36.